The molecule has 0 spiro atoms. The number of anilines is 1. The SMILES string of the molecule is O=C(C=Cc1ccc(Cl)cc1)Nc1ccc(Cl)cc1C(=O)O. The van der Waals surface area contributed by atoms with Gasteiger partial charge in [0.05, 0.1) is 11.3 Å². The molecule has 0 aliphatic rings. The molecular formula is C16H11Cl2NO3. The Morgan fingerprint density at radius 2 is 1.64 bits per heavy atom. The lowest BCUT2D eigenvalue weighted by atomic mass is 10.1. The van der Waals surface area contributed by atoms with Crippen LogP contribution in [0.25, 0.3) is 6.08 Å². The summed E-state index contributed by atoms with van der Waals surface area (Å²) in [6, 6.07) is 11.2. The van der Waals surface area contributed by atoms with Crippen LogP contribution in [0.15, 0.2) is 48.5 Å². The zero-order valence-electron chi connectivity index (χ0n) is 11.2. The van der Waals surface area contributed by atoms with Crippen molar-refractivity contribution in [2.45, 2.75) is 0 Å². The molecule has 4 nitrogen and oxygen atoms in total. The molecule has 0 aromatic heterocycles. The van der Waals surface area contributed by atoms with Gasteiger partial charge in [-0.25, -0.2) is 4.79 Å². The van der Waals surface area contributed by atoms with Gasteiger partial charge in [-0.2, -0.15) is 0 Å². The smallest absolute Gasteiger partial charge is 0.337 e. The Morgan fingerprint density at radius 1 is 1.00 bits per heavy atom. The summed E-state index contributed by atoms with van der Waals surface area (Å²) in [5, 5.41) is 12.5. The Morgan fingerprint density at radius 3 is 2.27 bits per heavy atom. The lowest BCUT2D eigenvalue weighted by Gasteiger charge is -2.06. The maximum absolute atomic E-state index is 11.9. The number of halogens is 2. The first-order valence-electron chi connectivity index (χ1n) is 6.23. The molecule has 2 aromatic rings. The fraction of sp³-hybridized carbons (Fsp3) is 0. The third kappa shape index (κ3) is 4.35. The lowest BCUT2D eigenvalue weighted by Crippen LogP contribution is -2.12. The Balaban J connectivity index is 2.12. The summed E-state index contributed by atoms with van der Waals surface area (Å²) in [5.74, 6) is -1.61. The van der Waals surface area contributed by atoms with E-state index < -0.39 is 11.9 Å². The van der Waals surface area contributed by atoms with Crippen molar-refractivity contribution in [1.29, 1.82) is 0 Å². The van der Waals surface area contributed by atoms with Gasteiger partial charge in [-0.1, -0.05) is 35.3 Å². The highest BCUT2D eigenvalue weighted by atomic mass is 35.5. The van der Waals surface area contributed by atoms with Crippen molar-refractivity contribution in [3.63, 3.8) is 0 Å². The van der Waals surface area contributed by atoms with Crippen LogP contribution in [0, 0.1) is 0 Å². The van der Waals surface area contributed by atoms with Crippen molar-refractivity contribution in [3.8, 4) is 0 Å². The van der Waals surface area contributed by atoms with Gasteiger partial charge >= 0.3 is 5.97 Å². The van der Waals surface area contributed by atoms with E-state index in [0.717, 1.165) is 5.56 Å². The number of hydrogen-bond donors (Lipinski definition) is 2. The standard InChI is InChI=1S/C16H11Cl2NO3/c17-11-4-1-10(2-5-11)3-8-15(20)19-14-7-6-12(18)9-13(14)16(21)22/h1-9H,(H,19,20)(H,21,22). The minimum atomic E-state index is -1.17. The first-order valence-corrected chi connectivity index (χ1v) is 6.99. The van der Waals surface area contributed by atoms with E-state index in [-0.39, 0.29) is 16.3 Å². The topological polar surface area (TPSA) is 66.4 Å². The second-order valence-corrected chi connectivity index (χ2v) is 5.24. The van der Waals surface area contributed by atoms with Crippen molar-refractivity contribution in [1.82, 2.24) is 0 Å². The molecule has 2 rings (SSSR count). The van der Waals surface area contributed by atoms with Crippen LogP contribution < -0.4 is 5.32 Å². The van der Waals surface area contributed by atoms with Crippen LogP contribution in [-0.4, -0.2) is 17.0 Å². The van der Waals surface area contributed by atoms with E-state index in [0.29, 0.717) is 5.02 Å². The molecule has 0 bridgehead atoms. The third-order valence-corrected chi connectivity index (χ3v) is 3.25. The minimum absolute atomic E-state index is 0.0688. The molecule has 0 aliphatic heterocycles. The monoisotopic (exact) mass is 335 g/mol. The maximum atomic E-state index is 11.9. The van der Waals surface area contributed by atoms with Crippen molar-refractivity contribution < 1.29 is 14.7 Å². The Bertz CT molecular complexity index is 740. The number of carbonyl (C=O) groups is 2. The summed E-state index contributed by atoms with van der Waals surface area (Å²) in [6.07, 6.45) is 2.91. The van der Waals surface area contributed by atoms with Crippen LogP contribution in [0.1, 0.15) is 15.9 Å². The van der Waals surface area contributed by atoms with Gasteiger partial charge in [-0.3, -0.25) is 4.79 Å². The molecule has 0 radical (unpaired) electrons. The number of hydrogen-bond acceptors (Lipinski definition) is 2. The predicted octanol–water partition coefficient (Wildman–Crippen LogP) is 4.34. The van der Waals surface area contributed by atoms with E-state index in [9.17, 15) is 9.59 Å². The molecule has 0 fully saturated rings. The van der Waals surface area contributed by atoms with Crippen LogP contribution in [-0.2, 0) is 4.79 Å². The van der Waals surface area contributed by atoms with Gasteiger partial charge in [-0.05, 0) is 42.0 Å². The van der Waals surface area contributed by atoms with Crippen molar-refractivity contribution in [2.75, 3.05) is 5.32 Å². The maximum Gasteiger partial charge on any atom is 0.337 e. The molecule has 0 aliphatic carbocycles. The highest BCUT2D eigenvalue weighted by molar-refractivity contribution is 6.31. The Kier molecular flexibility index (Phi) is 5.20. The van der Waals surface area contributed by atoms with Gasteiger partial charge in [0.2, 0.25) is 5.91 Å². The summed E-state index contributed by atoms with van der Waals surface area (Å²) in [6.45, 7) is 0. The van der Waals surface area contributed by atoms with Gasteiger partial charge in [0, 0.05) is 16.1 Å². The molecule has 0 saturated heterocycles. The number of benzene rings is 2. The molecule has 0 saturated carbocycles. The van der Waals surface area contributed by atoms with Crippen LogP contribution in [0.4, 0.5) is 5.69 Å². The predicted molar refractivity (Wildman–Crippen MR) is 87.5 cm³/mol. The van der Waals surface area contributed by atoms with E-state index in [2.05, 4.69) is 5.32 Å². The summed E-state index contributed by atoms with van der Waals surface area (Å²) >= 11 is 11.5. The number of nitrogens with one attached hydrogen (secondary N) is 1. The fourth-order valence-electron chi connectivity index (χ4n) is 1.72. The van der Waals surface area contributed by atoms with Gasteiger partial charge in [0.1, 0.15) is 0 Å². The molecule has 0 heterocycles. The zero-order chi connectivity index (χ0) is 16.1. The molecule has 22 heavy (non-hydrogen) atoms. The number of carbonyl (C=O) groups excluding carboxylic acids is 1. The number of carboxylic acids is 1. The van der Waals surface area contributed by atoms with Crippen LogP contribution >= 0.6 is 23.2 Å². The second-order valence-electron chi connectivity index (χ2n) is 4.37. The highest BCUT2D eigenvalue weighted by Gasteiger charge is 2.12. The molecule has 112 valence electrons. The summed E-state index contributed by atoms with van der Waals surface area (Å²) in [7, 11) is 0. The minimum Gasteiger partial charge on any atom is -0.478 e. The first kappa shape index (κ1) is 16.1. The van der Waals surface area contributed by atoms with Gasteiger partial charge in [-0.15, -0.1) is 0 Å². The van der Waals surface area contributed by atoms with E-state index in [4.69, 9.17) is 28.3 Å². The number of amides is 1. The molecule has 2 N–H and O–H groups in total. The number of rotatable bonds is 4. The van der Waals surface area contributed by atoms with E-state index in [1.54, 1.807) is 30.3 Å². The van der Waals surface area contributed by atoms with Crippen LogP contribution in [0.5, 0.6) is 0 Å². The van der Waals surface area contributed by atoms with E-state index >= 15 is 0 Å². The number of carboxylic acid groups (broad SMARTS) is 1. The quantitative estimate of drug-likeness (QED) is 0.816. The van der Waals surface area contributed by atoms with Crippen molar-refractivity contribution in [3.05, 3.63) is 69.7 Å². The summed E-state index contributed by atoms with van der Waals surface area (Å²) < 4.78 is 0. The molecule has 0 atom stereocenters. The average Bonchev–Trinajstić information content (AvgIpc) is 2.48. The molecule has 1 amide bonds. The van der Waals surface area contributed by atoms with Crippen molar-refractivity contribution >= 4 is 46.8 Å². The second kappa shape index (κ2) is 7.11. The number of aromatic carboxylic acids is 1. The van der Waals surface area contributed by atoms with Crippen LogP contribution in [0.3, 0.4) is 0 Å². The molecule has 2 aromatic carbocycles. The largest absolute Gasteiger partial charge is 0.478 e. The molecular weight excluding hydrogens is 325 g/mol. The van der Waals surface area contributed by atoms with Crippen molar-refractivity contribution in [2.24, 2.45) is 0 Å². The zero-order valence-corrected chi connectivity index (χ0v) is 12.7. The summed E-state index contributed by atoms with van der Waals surface area (Å²) in [5.41, 5.74) is 0.914. The fourth-order valence-corrected chi connectivity index (χ4v) is 2.02. The lowest BCUT2D eigenvalue weighted by molar-refractivity contribution is -0.111. The van der Waals surface area contributed by atoms with Gasteiger partial charge in [0.15, 0.2) is 0 Å². The Hall–Kier alpha value is -2.30. The molecule has 0 unspecified atom stereocenters. The van der Waals surface area contributed by atoms with Gasteiger partial charge in [0.25, 0.3) is 0 Å². The Labute approximate surface area is 137 Å². The normalized spacial score (nSPS) is 10.6. The average molecular weight is 336 g/mol. The molecule has 6 heteroatoms. The third-order valence-electron chi connectivity index (χ3n) is 2.77. The van der Waals surface area contributed by atoms with Gasteiger partial charge < -0.3 is 10.4 Å². The highest BCUT2D eigenvalue weighted by Crippen LogP contribution is 2.21. The van der Waals surface area contributed by atoms with Crippen LogP contribution in [0.2, 0.25) is 10.0 Å². The summed E-state index contributed by atoms with van der Waals surface area (Å²) in [4.78, 5) is 23.0. The van der Waals surface area contributed by atoms with E-state index in [1.807, 2.05) is 0 Å². The van der Waals surface area contributed by atoms with E-state index in [1.165, 1.54) is 24.3 Å². The first-order chi connectivity index (χ1) is 10.5.